The van der Waals surface area contributed by atoms with Gasteiger partial charge in [0.25, 0.3) is 0 Å². The van der Waals surface area contributed by atoms with E-state index in [0.717, 1.165) is 0 Å². The van der Waals surface area contributed by atoms with Crippen molar-refractivity contribution in [3.63, 3.8) is 0 Å². The number of ketones is 3. The molecule has 0 aliphatic heterocycles. The first-order valence-electron chi connectivity index (χ1n) is 5.84. The SMILES string of the molecule is CCC(=O)CCC(=O)CCC(=O)CC(N)N=[N+]=[N-]. The highest BCUT2D eigenvalue weighted by molar-refractivity contribution is 5.89. The van der Waals surface area contributed by atoms with Crippen LogP contribution in [-0.4, -0.2) is 23.5 Å². The van der Waals surface area contributed by atoms with Gasteiger partial charge in [0.05, 0.1) is 6.17 Å². The number of carbonyl (C=O) groups excluding carboxylic acids is 3. The summed E-state index contributed by atoms with van der Waals surface area (Å²) in [4.78, 5) is 36.2. The molecule has 100 valence electrons. The first kappa shape index (κ1) is 16.3. The second kappa shape index (κ2) is 9.32. The lowest BCUT2D eigenvalue weighted by atomic mass is 10.0. The normalized spacial score (nSPS) is 11.4. The number of nitrogens with two attached hydrogens (primary N) is 1. The summed E-state index contributed by atoms with van der Waals surface area (Å²) in [6.07, 6.45) is 0.0918. The van der Waals surface area contributed by atoms with E-state index in [4.69, 9.17) is 11.3 Å². The lowest BCUT2D eigenvalue weighted by Gasteiger charge is -2.03. The zero-order chi connectivity index (χ0) is 14.0. The predicted molar refractivity (Wildman–Crippen MR) is 65.5 cm³/mol. The number of rotatable bonds is 10. The van der Waals surface area contributed by atoms with E-state index in [0.29, 0.717) is 6.42 Å². The van der Waals surface area contributed by atoms with Crippen LogP contribution < -0.4 is 5.73 Å². The van der Waals surface area contributed by atoms with Gasteiger partial charge in [-0.1, -0.05) is 12.0 Å². The van der Waals surface area contributed by atoms with E-state index in [1.54, 1.807) is 6.92 Å². The first-order valence-corrected chi connectivity index (χ1v) is 5.84. The van der Waals surface area contributed by atoms with Crippen LogP contribution >= 0.6 is 0 Å². The Labute approximate surface area is 105 Å². The number of hydrogen-bond acceptors (Lipinski definition) is 5. The Morgan fingerprint density at radius 3 is 2.11 bits per heavy atom. The van der Waals surface area contributed by atoms with Gasteiger partial charge in [-0.15, -0.1) is 0 Å². The summed E-state index contributed by atoms with van der Waals surface area (Å²) >= 11 is 0. The van der Waals surface area contributed by atoms with Crippen molar-refractivity contribution in [2.75, 3.05) is 0 Å². The Morgan fingerprint density at radius 2 is 1.61 bits per heavy atom. The Kier molecular flexibility index (Phi) is 8.43. The van der Waals surface area contributed by atoms with Crippen LogP contribution in [0, 0.1) is 0 Å². The van der Waals surface area contributed by atoms with E-state index in [-0.39, 0.29) is 49.5 Å². The molecule has 0 aliphatic carbocycles. The molecule has 0 aromatic rings. The molecule has 18 heavy (non-hydrogen) atoms. The third kappa shape index (κ3) is 8.43. The molecule has 0 radical (unpaired) electrons. The van der Waals surface area contributed by atoms with Gasteiger partial charge in [-0.05, 0) is 5.53 Å². The van der Waals surface area contributed by atoms with Gasteiger partial charge < -0.3 is 5.73 Å². The van der Waals surface area contributed by atoms with E-state index in [9.17, 15) is 14.4 Å². The quantitative estimate of drug-likeness (QED) is 0.361. The van der Waals surface area contributed by atoms with Crippen LogP contribution in [0.4, 0.5) is 0 Å². The molecule has 1 atom stereocenters. The van der Waals surface area contributed by atoms with Gasteiger partial charge in [0.15, 0.2) is 0 Å². The maximum absolute atomic E-state index is 11.4. The van der Waals surface area contributed by atoms with Crippen molar-refractivity contribution in [2.24, 2.45) is 10.8 Å². The van der Waals surface area contributed by atoms with E-state index in [1.807, 2.05) is 0 Å². The summed E-state index contributed by atoms with van der Waals surface area (Å²) < 4.78 is 0. The number of nitrogens with zero attached hydrogens (tertiary/aromatic N) is 3. The Balaban J connectivity index is 3.81. The van der Waals surface area contributed by atoms with E-state index in [2.05, 4.69) is 10.0 Å². The molecule has 0 aromatic heterocycles. The van der Waals surface area contributed by atoms with Gasteiger partial charge in [0.2, 0.25) is 0 Å². The summed E-state index contributed by atoms with van der Waals surface area (Å²) in [7, 11) is 0. The average molecular weight is 254 g/mol. The average Bonchev–Trinajstić information content (AvgIpc) is 2.33. The number of Topliss-reactive ketones (excluding diaryl/α,β-unsaturated/α-hetero) is 3. The molecule has 0 saturated heterocycles. The minimum absolute atomic E-state index is 0.0417. The van der Waals surface area contributed by atoms with Crippen molar-refractivity contribution in [2.45, 2.75) is 51.6 Å². The topological polar surface area (TPSA) is 126 Å². The maximum Gasteiger partial charge on any atom is 0.135 e. The third-order valence-electron chi connectivity index (χ3n) is 2.40. The van der Waals surface area contributed by atoms with Crippen LogP contribution in [0.25, 0.3) is 10.4 Å². The molecular weight excluding hydrogens is 236 g/mol. The molecule has 0 rings (SSSR count). The third-order valence-corrected chi connectivity index (χ3v) is 2.40. The summed E-state index contributed by atoms with van der Waals surface area (Å²) in [6, 6.07) is 0. The largest absolute Gasteiger partial charge is 0.322 e. The molecule has 2 N–H and O–H groups in total. The Hall–Kier alpha value is -1.72. The van der Waals surface area contributed by atoms with Crippen molar-refractivity contribution in [1.29, 1.82) is 0 Å². The predicted octanol–water partition coefficient (Wildman–Crippen LogP) is 1.65. The van der Waals surface area contributed by atoms with Crippen molar-refractivity contribution < 1.29 is 14.4 Å². The van der Waals surface area contributed by atoms with Gasteiger partial charge in [0, 0.05) is 43.4 Å². The minimum Gasteiger partial charge on any atom is -0.322 e. The zero-order valence-electron chi connectivity index (χ0n) is 10.5. The van der Waals surface area contributed by atoms with Crippen molar-refractivity contribution in [3.05, 3.63) is 10.4 Å². The van der Waals surface area contributed by atoms with Crippen LogP contribution in [-0.2, 0) is 14.4 Å². The van der Waals surface area contributed by atoms with E-state index in [1.165, 1.54) is 0 Å². The molecule has 0 aromatic carbocycles. The molecule has 0 amide bonds. The molecule has 1 unspecified atom stereocenters. The fraction of sp³-hybridized carbons (Fsp3) is 0.727. The molecule has 0 bridgehead atoms. The highest BCUT2D eigenvalue weighted by Crippen LogP contribution is 2.04. The standard InChI is InChI=1S/C11H18N4O3/c1-2-8(16)3-4-9(17)5-6-10(18)7-11(12)14-15-13/h11H,2-7,12H2,1H3. The molecular formula is C11H18N4O3. The molecule has 7 heteroatoms. The Bertz CT molecular complexity index is 361. The molecule has 0 saturated carbocycles. The lowest BCUT2D eigenvalue weighted by Crippen LogP contribution is -2.21. The number of hydrogen-bond donors (Lipinski definition) is 1. The van der Waals surface area contributed by atoms with Crippen molar-refractivity contribution in [3.8, 4) is 0 Å². The first-order chi connectivity index (χ1) is 8.49. The van der Waals surface area contributed by atoms with E-state index >= 15 is 0 Å². The summed E-state index contributed by atoms with van der Waals surface area (Å²) in [5, 5.41) is 3.17. The second-order valence-electron chi connectivity index (χ2n) is 3.95. The Morgan fingerprint density at radius 1 is 1.11 bits per heavy atom. The second-order valence-corrected chi connectivity index (χ2v) is 3.95. The van der Waals surface area contributed by atoms with Gasteiger partial charge in [-0.25, -0.2) is 0 Å². The number of azide groups is 1. The minimum atomic E-state index is -0.876. The van der Waals surface area contributed by atoms with Crippen molar-refractivity contribution >= 4 is 17.3 Å². The number of carbonyl (C=O) groups is 3. The zero-order valence-corrected chi connectivity index (χ0v) is 10.5. The van der Waals surface area contributed by atoms with Crippen molar-refractivity contribution in [1.82, 2.24) is 0 Å². The highest BCUT2D eigenvalue weighted by atomic mass is 16.1. The smallest absolute Gasteiger partial charge is 0.135 e. The summed E-state index contributed by atoms with van der Waals surface area (Å²) in [6.45, 7) is 1.74. The summed E-state index contributed by atoms with van der Waals surface area (Å²) in [5.74, 6) is -0.285. The van der Waals surface area contributed by atoms with Crippen LogP contribution in [0.1, 0.15) is 45.4 Å². The van der Waals surface area contributed by atoms with Crippen LogP contribution in [0.3, 0.4) is 0 Å². The van der Waals surface area contributed by atoms with Gasteiger partial charge in [-0.2, -0.15) is 0 Å². The molecule has 0 aliphatic rings. The monoisotopic (exact) mass is 254 g/mol. The van der Waals surface area contributed by atoms with Crippen LogP contribution in [0.2, 0.25) is 0 Å². The highest BCUT2D eigenvalue weighted by Gasteiger charge is 2.11. The van der Waals surface area contributed by atoms with Crippen LogP contribution in [0.15, 0.2) is 5.11 Å². The fourth-order valence-corrected chi connectivity index (χ4v) is 1.30. The van der Waals surface area contributed by atoms with E-state index < -0.39 is 6.17 Å². The van der Waals surface area contributed by atoms with Gasteiger partial charge in [0.1, 0.15) is 17.3 Å². The van der Waals surface area contributed by atoms with Gasteiger partial charge in [-0.3, -0.25) is 14.4 Å². The van der Waals surface area contributed by atoms with Gasteiger partial charge >= 0.3 is 0 Å². The maximum atomic E-state index is 11.4. The molecule has 0 fully saturated rings. The molecule has 7 nitrogen and oxygen atoms in total. The lowest BCUT2D eigenvalue weighted by molar-refractivity contribution is -0.126. The fourth-order valence-electron chi connectivity index (χ4n) is 1.30. The molecule has 0 spiro atoms. The van der Waals surface area contributed by atoms with Crippen LogP contribution in [0.5, 0.6) is 0 Å². The summed E-state index contributed by atoms with van der Waals surface area (Å²) in [5.41, 5.74) is 13.4. The molecule has 0 heterocycles.